The molecule has 0 unspecified atom stereocenters. The molecule has 1 aliphatic heterocycles. The summed E-state index contributed by atoms with van der Waals surface area (Å²) in [5.41, 5.74) is -1.72. The number of anilines is 2. The summed E-state index contributed by atoms with van der Waals surface area (Å²) in [5.74, 6) is -4.91. The minimum atomic E-state index is -1.23. The number of H-pyrrole nitrogens is 1. The number of rotatable bonds is 5. The summed E-state index contributed by atoms with van der Waals surface area (Å²) in [6, 6.07) is 2.76. The van der Waals surface area contributed by atoms with Gasteiger partial charge in [0.2, 0.25) is 11.8 Å². The first-order valence-corrected chi connectivity index (χ1v) is 8.23. The second-order valence-electron chi connectivity index (χ2n) is 6.09. The first-order chi connectivity index (χ1) is 13.3. The molecule has 1 aliphatic rings. The van der Waals surface area contributed by atoms with Gasteiger partial charge in [0.1, 0.15) is 5.82 Å². The van der Waals surface area contributed by atoms with Crippen LogP contribution in [-0.2, 0) is 20.9 Å². The molecular weight excluding hydrogens is 378 g/mol. The molecule has 3 N–H and O–H groups in total. The Morgan fingerprint density at radius 1 is 1.29 bits per heavy atom. The number of fused-ring (bicyclic) bond motifs is 1. The Bertz CT molecular complexity index is 1060. The molecule has 0 fully saturated rings. The molecule has 1 aromatic heterocycles. The number of methoxy groups -OCH3 is 1. The molecule has 9 nitrogen and oxygen atoms in total. The number of aromatic nitrogens is 2. The zero-order valence-corrected chi connectivity index (χ0v) is 14.7. The number of hydrogen-bond acceptors (Lipinski definition) is 5. The summed E-state index contributed by atoms with van der Waals surface area (Å²) in [4.78, 5) is 51.3. The average Bonchev–Trinajstić information content (AvgIpc) is 2.63. The van der Waals surface area contributed by atoms with Gasteiger partial charge in [0.25, 0.3) is 5.56 Å². The van der Waals surface area contributed by atoms with Crippen molar-refractivity contribution in [1.82, 2.24) is 9.55 Å². The molecule has 11 heteroatoms. The zero-order valence-electron chi connectivity index (χ0n) is 14.7. The van der Waals surface area contributed by atoms with Crippen LogP contribution in [0.2, 0.25) is 0 Å². The van der Waals surface area contributed by atoms with Gasteiger partial charge in [-0.15, -0.1) is 0 Å². The third-order valence-corrected chi connectivity index (χ3v) is 4.25. The van der Waals surface area contributed by atoms with E-state index >= 15 is 0 Å². The van der Waals surface area contributed by atoms with Crippen LogP contribution < -0.4 is 21.9 Å². The smallest absolute Gasteiger partial charge is 0.330 e. The van der Waals surface area contributed by atoms with Crippen molar-refractivity contribution in [2.24, 2.45) is 0 Å². The molecule has 2 amide bonds. The van der Waals surface area contributed by atoms with Crippen molar-refractivity contribution < 1.29 is 23.1 Å². The van der Waals surface area contributed by atoms with Crippen LogP contribution in [0.4, 0.5) is 20.3 Å². The van der Waals surface area contributed by atoms with Crippen molar-refractivity contribution in [2.45, 2.75) is 18.9 Å². The van der Waals surface area contributed by atoms with E-state index in [4.69, 9.17) is 4.74 Å². The lowest BCUT2D eigenvalue weighted by molar-refractivity contribution is -0.123. The van der Waals surface area contributed by atoms with E-state index in [0.717, 1.165) is 22.8 Å². The van der Waals surface area contributed by atoms with Crippen LogP contribution in [0, 0.1) is 11.6 Å². The van der Waals surface area contributed by atoms with Crippen molar-refractivity contribution in [3.05, 3.63) is 56.2 Å². The molecule has 0 spiro atoms. The third-order valence-electron chi connectivity index (χ3n) is 4.25. The SMILES string of the molecule is COCCn1c2c(c(=O)[nH]c1=O)[C@H](C(=O)Nc1ccc(F)c(F)c1)CC(=O)N2. The fourth-order valence-corrected chi connectivity index (χ4v) is 2.94. The number of carbonyl (C=O) groups is 2. The molecular formula is C17H16F2N4O5. The van der Waals surface area contributed by atoms with E-state index in [2.05, 4.69) is 15.6 Å². The van der Waals surface area contributed by atoms with E-state index in [1.54, 1.807) is 0 Å². The van der Waals surface area contributed by atoms with Gasteiger partial charge in [-0.25, -0.2) is 13.6 Å². The lowest BCUT2D eigenvalue weighted by atomic mass is 9.92. The number of carbonyl (C=O) groups excluding carboxylic acids is 2. The summed E-state index contributed by atoms with van der Waals surface area (Å²) < 4.78 is 32.4. The van der Waals surface area contributed by atoms with Crippen molar-refractivity contribution in [3.8, 4) is 0 Å². The van der Waals surface area contributed by atoms with Gasteiger partial charge in [0.05, 0.1) is 24.6 Å². The summed E-state index contributed by atoms with van der Waals surface area (Å²) in [7, 11) is 1.42. The molecule has 1 aromatic carbocycles. The maximum Gasteiger partial charge on any atom is 0.330 e. The summed E-state index contributed by atoms with van der Waals surface area (Å²) in [6.45, 7) is 0.159. The highest BCUT2D eigenvalue weighted by atomic mass is 19.2. The Hall–Kier alpha value is -3.34. The Labute approximate surface area is 156 Å². The number of amides is 2. The summed E-state index contributed by atoms with van der Waals surface area (Å²) in [6.07, 6.45) is -0.353. The fourth-order valence-electron chi connectivity index (χ4n) is 2.94. The van der Waals surface area contributed by atoms with Gasteiger partial charge in [-0.2, -0.15) is 0 Å². The third kappa shape index (κ3) is 3.69. The molecule has 0 saturated heterocycles. The minimum absolute atomic E-state index is 0.0340. The Morgan fingerprint density at radius 3 is 2.71 bits per heavy atom. The van der Waals surface area contributed by atoms with Crippen LogP contribution in [-0.4, -0.2) is 35.1 Å². The van der Waals surface area contributed by atoms with E-state index in [-0.39, 0.29) is 36.6 Å². The maximum absolute atomic E-state index is 13.4. The molecule has 28 heavy (non-hydrogen) atoms. The van der Waals surface area contributed by atoms with Crippen LogP contribution in [0.15, 0.2) is 27.8 Å². The number of hydrogen-bond donors (Lipinski definition) is 3. The van der Waals surface area contributed by atoms with Crippen molar-refractivity contribution >= 4 is 23.3 Å². The predicted octanol–water partition coefficient (Wildman–Crippen LogP) is 0.526. The largest absolute Gasteiger partial charge is 0.383 e. The lowest BCUT2D eigenvalue weighted by Crippen LogP contribution is -2.43. The van der Waals surface area contributed by atoms with Gasteiger partial charge in [-0.3, -0.25) is 23.9 Å². The van der Waals surface area contributed by atoms with Gasteiger partial charge < -0.3 is 15.4 Å². The van der Waals surface area contributed by atoms with Gasteiger partial charge >= 0.3 is 5.69 Å². The van der Waals surface area contributed by atoms with Crippen molar-refractivity contribution in [3.63, 3.8) is 0 Å². The standard InChI is InChI=1S/C17H16F2N4O5/c1-28-5-4-23-14-13(16(26)22-17(23)27)9(7-12(24)21-14)15(25)20-8-2-3-10(18)11(19)6-8/h2-3,6,9H,4-5,7H2,1H3,(H,20,25)(H,21,24)(H,22,26,27)/t9-/m1/s1. The Balaban J connectivity index is 2.01. The van der Waals surface area contributed by atoms with E-state index in [9.17, 15) is 28.0 Å². The van der Waals surface area contributed by atoms with Gasteiger partial charge in [0, 0.05) is 25.3 Å². The topological polar surface area (TPSA) is 122 Å². The fraction of sp³-hybridized carbons (Fsp3) is 0.294. The molecule has 0 aliphatic carbocycles. The van der Waals surface area contributed by atoms with Gasteiger partial charge in [0.15, 0.2) is 11.6 Å². The maximum atomic E-state index is 13.4. The van der Waals surface area contributed by atoms with Crippen LogP contribution in [0.1, 0.15) is 17.9 Å². The predicted molar refractivity (Wildman–Crippen MR) is 94.2 cm³/mol. The Morgan fingerprint density at radius 2 is 2.04 bits per heavy atom. The zero-order chi connectivity index (χ0) is 20.4. The first kappa shape index (κ1) is 19.4. The molecule has 0 bridgehead atoms. The van der Waals surface area contributed by atoms with E-state index < -0.39 is 40.6 Å². The number of nitrogens with one attached hydrogen (secondary N) is 3. The average molecular weight is 394 g/mol. The van der Waals surface area contributed by atoms with E-state index in [1.807, 2.05) is 0 Å². The van der Waals surface area contributed by atoms with Gasteiger partial charge in [-0.05, 0) is 12.1 Å². The summed E-state index contributed by atoms with van der Waals surface area (Å²) >= 11 is 0. The molecule has 2 aromatic rings. The number of halogens is 2. The molecule has 1 atom stereocenters. The molecule has 0 radical (unpaired) electrons. The monoisotopic (exact) mass is 394 g/mol. The quantitative estimate of drug-likeness (QED) is 0.683. The lowest BCUT2D eigenvalue weighted by Gasteiger charge is -2.26. The number of nitrogens with zero attached hydrogens (tertiary/aromatic N) is 1. The second kappa shape index (κ2) is 7.72. The highest BCUT2D eigenvalue weighted by Crippen LogP contribution is 2.29. The first-order valence-electron chi connectivity index (χ1n) is 8.23. The molecule has 0 saturated carbocycles. The van der Waals surface area contributed by atoms with Crippen molar-refractivity contribution in [1.29, 1.82) is 0 Å². The van der Waals surface area contributed by atoms with Crippen LogP contribution in [0.5, 0.6) is 0 Å². The van der Waals surface area contributed by atoms with Crippen molar-refractivity contribution in [2.75, 3.05) is 24.4 Å². The molecule has 148 valence electrons. The number of aromatic amines is 1. The highest BCUT2D eigenvalue weighted by Gasteiger charge is 2.35. The number of benzene rings is 1. The highest BCUT2D eigenvalue weighted by molar-refractivity contribution is 6.04. The van der Waals surface area contributed by atoms with Crippen LogP contribution in [0.3, 0.4) is 0 Å². The van der Waals surface area contributed by atoms with E-state index in [1.165, 1.54) is 7.11 Å². The van der Waals surface area contributed by atoms with E-state index in [0.29, 0.717) is 0 Å². The molecule has 3 rings (SSSR count). The molecule has 2 heterocycles. The normalized spacial score (nSPS) is 15.7. The Kier molecular flexibility index (Phi) is 5.36. The van der Waals surface area contributed by atoms with Crippen LogP contribution in [0.25, 0.3) is 0 Å². The number of ether oxygens (including phenoxy) is 1. The van der Waals surface area contributed by atoms with Crippen LogP contribution >= 0.6 is 0 Å². The van der Waals surface area contributed by atoms with Gasteiger partial charge in [-0.1, -0.05) is 0 Å². The minimum Gasteiger partial charge on any atom is -0.383 e. The summed E-state index contributed by atoms with van der Waals surface area (Å²) in [5, 5.41) is 4.80. The second-order valence-corrected chi connectivity index (χ2v) is 6.09.